The average Bonchev–Trinajstić information content (AvgIpc) is 3.15. The Morgan fingerprint density at radius 1 is 1.33 bits per heavy atom. The monoisotopic (exact) mass is 289 g/mol. The third-order valence-electron chi connectivity index (χ3n) is 3.21. The van der Waals surface area contributed by atoms with Crippen molar-refractivity contribution in [1.82, 2.24) is 29.7 Å². The molecule has 1 aliphatic rings. The van der Waals surface area contributed by atoms with E-state index < -0.39 is 0 Å². The predicted octanol–water partition coefficient (Wildman–Crippen LogP) is 1.45. The molecule has 2 heterocycles. The molecular formula is C13H19N7O. The van der Waals surface area contributed by atoms with Crippen LogP contribution in [0.3, 0.4) is 0 Å². The summed E-state index contributed by atoms with van der Waals surface area (Å²) in [4.78, 5) is 16.8. The fourth-order valence-electron chi connectivity index (χ4n) is 1.86. The van der Waals surface area contributed by atoms with Crippen molar-refractivity contribution in [3.63, 3.8) is 0 Å². The van der Waals surface area contributed by atoms with E-state index in [-0.39, 0.29) is 0 Å². The first kappa shape index (κ1) is 13.7. The van der Waals surface area contributed by atoms with Gasteiger partial charge in [-0.25, -0.2) is 4.98 Å². The first-order valence-corrected chi connectivity index (χ1v) is 7.33. The Morgan fingerprint density at radius 2 is 2.24 bits per heavy atom. The Hall–Kier alpha value is -2.25. The van der Waals surface area contributed by atoms with Crippen LogP contribution in [0.5, 0.6) is 6.01 Å². The van der Waals surface area contributed by atoms with Crippen molar-refractivity contribution in [3.8, 4) is 12.0 Å². The molecule has 21 heavy (non-hydrogen) atoms. The molecule has 1 fully saturated rings. The maximum Gasteiger partial charge on any atom is 0.323 e. The van der Waals surface area contributed by atoms with E-state index in [2.05, 4.69) is 37.3 Å². The molecule has 1 N–H and O–H groups in total. The normalized spacial score (nSPS) is 14.1. The second-order valence-corrected chi connectivity index (χ2v) is 5.09. The van der Waals surface area contributed by atoms with Crippen molar-refractivity contribution in [2.75, 3.05) is 18.5 Å². The maximum atomic E-state index is 5.65. The third-order valence-corrected chi connectivity index (χ3v) is 3.21. The molecule has 0 atom stereocenters. The van der Waals surface area contributed by atoms with E-state index in [1.807, 2.05) is 0 Å². The van der Waals surface area contributed by atoms with Gasteiger partial charge in [0.1, 0.15) is 12.7 Å². The van der Waals surface area contributed by atoms with Gasteiger partial charge in [-0.2, -0.15) is 24.7 Å². The van der Waals surface area contributed by atoms with Crippen molar-refractivity contribution in [3.05, 3.63) is 12.7 Å². The van der Waals surface area contributed by atoms with Crippen LogP contribution in [0.2, 0.25) is 0 Å². The second kappa shape index (κ2) is 6.47. The number of rotatable bonds is 8. The van der Waals surface area contributed by atoms with Crippen molar-refractivity contribution >= 4 is 5.95 Å². The summed E-state index contributed by atoms with van der Waals surface area (Å²) < 4.78 is 7.15. The summed E-state index contributed by atoms with van der Waals surface area (Å²) in [5.74, 6) is 1.72. The van der Waals surface area contributed by atoms with Gasteiger partial charge in [0, 0.05) is 6.54 Å². The van der Waals surface area contributed by atoms with Crippen LogP contribution in [-0.2, 0) is 0 Å². The van der Waals surface area contributed by atoms with Crippen molar-refractivity contribution < 1.29 is 4.74 Å². The van der Waals surface area contributed by atoms with E-state index >= 15 is 0 Å². The van der Waals surface area contributed by atoms with E-state index in [1.54, 1.807) is 6.33 Å². The van der Waals surface area contributed by atoms with Crippen molar-refractivity contribution in [2.45, 2.75) is 32.6 Å². The Balaban J connectivity index is 1.74. The Morgan fingerprint density at radius 3 is 2.95 bits per heavy atom. The number of anilines is 1. The lowest BCUT2D eigenvalue weighted by Gasteiger charge is -2.08. The van der Waals surface area contributed by atoms with Crippen LogP contribution in [0.25, 0.3) is 5.95 Å². The average molecular weight is 289 g/mol. The standard InChI is InChI=1S/C13H19N7O/c1-2-6-15-11-17-12(20-9-14-8-16-20)19-13(18-11)21-7-5-10-3-4-10/h8-10H,2-7H2,1H3,(H,15,17,18,19). The van der Waals surface area contributed by atoms with Crippen LogP contribution in [-0.4, -0.2) is 42.9 Å². The van der Waals surface area contributed by atoms with Gasteiger partial charge in [0.15, 0.2) is 0 Å². The summed E-state index contributed by atoms with van der Waals surface area (Å²) in [5, 5.41) is 7.18. The van der Waals surface area contributed by atoms with E-state index in [9.17, 15) is 0 Å². The predicted molar refractivity (Wildman–Crippen MR) is 76.4 cm³/mol. The molecule has 1 aliphatic carbocycles. The minimum absolute atomic E-state index is 0.328. The van der Waals surface area contributed by atoms with Crippen LogP contribution in [0.4, 0.5) is 5.95 Å². The van der Waals surface area contributed by atoms with Crippen LogP contribution >= 0.6 is 0 Å². The van der Waals surface area contributed by atoms with Gasteiger partial charge in [-0.05, 0) is 18.8 Å². The van der Waals surface area contributed by atoms with E-state index in [0.29, 0.717) is 24.5 Å². The van der Waals surface area contributed by atoms with Gasteiger partial charge in [0.2, 0.25) is 5.95 Å². The van der Waals surface area contributed by atoms with Gasteiger partial charge in [0.05, 0.1) is 6.61 Å². The third kappa shape index (κ3) is 3.87. The van der Waals surface area contributed by atoms with Gasteiger partial charge < -0.3 is 10.1 Å². The highest BCUT2D eigenvalue weighted by Crippen LogP contribution is 2.32. The molecule has 0 bridgehead atoms. The summed E-state index contributed by atoms with van der Waals surface area (Å²) in [6.07, 6.45) is 7.66. The van der Waals surface area contributed by atoms with Gasteiger partial charge in [-0.3, -0.25) is 0 Å². The Kier molecular flexibility index (Phi) is 4.23. The number of hydrogen-bond acceptors (Lipinski definition) is 7. The van der Waals surface area contributed by atoms with Gasteiger partial charge >= 0.3 is 6.01 Å². The molecule has 8 nitrogen and oxygen atoms in total. The van der Waals surface area contributed by atoms with Crippen LogP contribution in [0.15, 0.2) is 12.7 Å². The van der Waals surface area contributed by atoms with Crippen molar-refractivity contribution in [2.24, 2.45) is 5.92 Å². The number of aromatic nitrogens is 6. The zero-order chi connectivity index (χ0) is 14.5. The molecule has 2 aromatic rings. The molecule has 1 saturated carbocycles. The largest absolute Gasteiger partial charge is 0.463 e. The van der Waals surface area contributed by atoms with Gasteiger partial charge in [-0.15, -0.1) is 0 Å². The van der Waals surface area contributed by atoms with E-state index in [0.717, 1.165) is 25.3 Å². The fraction of sp³-hybridized carbons (Fsp3) is 0.615. The smallest absolute Gasteiger partial charge is 0.323 e. The lowest BCUT2D eigenvalue weighted by atomic mass is 10.3. The molecule has 0 spiro atoms. The molecule has 112 valence electrons. The number of nitrogens with zero attached hydrogens (tertiary/aromatic N) is 6. The first-order valence-electron chi connectivity index (χ1n) is 7.33. The summed E-state index contributed by atoms with van der Waals surface area (Å²) in [7, 11) is 0. The highest BCUT2D eigenvalue weighted by atomic mass is 16.5. The molecule has 0 aliphatic heterocycles. The van der Waals surface area contributed by atoms with E-state index in [4.69, 9.17) is 4.74 Å². The lowest BCUT2D eigenvalue weighted by molar-refractivity contribution is 0.278. The molecule has 0 aromatic carbocycles. The van der Waals surface area contributed by atoms with Crippen molar-refractivity contribution in [1.29, 1.82) is 0 Å². The minimum Gasteiger partial charge on any atom is -0.463 e. The van der Waals surface area contributed by atoms with Crippen LogP contribution in [0.1, 0.15) is 32.6 Å². The second-order valence-electron chi connectivity index (χ2n) is 5.09. The van der Waals surface area contributed by atoms with E-state index in [1.165, 1.54) is 23.9 Å². The number of hydrogen-bond donors (Lipinski definition) is 1. The molecule has 0 amide bonds. The fourth-order valence-corrected chi connectivity index (χ4v) is 1.86. The molecule has 8 heteroatoms. The Labute approximate surface area is 123 Å². The first-order chi connectivity index (χ1) is 10.3. The summed E-state index contributed by atoms with van der Waals surface area (Å²) >= 11 is 0. The summed E-state index contributed by atoms with van der Waals surface area (Å²) in [6, 6.07) is 0.328. The molecule has 0 unspecified atom stereocenters. The van der Waals surface area contributed by atoms with Gasteiger partial charge in [-0.1, -0.05) is 19.8 Å². The highest BCUT2D eigenvalue weighted by Gasteiger charge is 2.21. The highest BCUT2D eigenvalue weighted by molar-refractivity contribution is 5.29. The SMILES string of the molecule is CCCNc1nc(OCCC2CC2)nc(-n2cncn2)n1. The molecule has 3 rings (SSSR count). The quantitative estimate of drug-likeness (QED) is 0.786. The maximum absolute atomic E-state index is 5.65. The number of ether oxygens (including phenoxy) is 1. The zero-order valence-electron chi connectivity index (χ0n) is 12.1. The topological polar surface area (TPSA) is 90.6 Å². The molecular weight excluding hydrogens is 270 g/mol. The van der Waals surface area contributed by atoms with Gasteiger partial charge in [0.25, 0.3) is 5.95 Å². The molecule has 0 saturated heterocycles. The summed E-state index contributed by atoms with van der Waals surface area (Å²) in [6.45, 7) is 3.51. The molecule has 0 radical (unpaired) electrons. The lowest BCUT2D eigenvalue weighted by Crippen LogP contribution is -2.12. The minimum atomic E-state index is 0.328. The van der Waals surface area contributed by atoms with Crippen LogP contribution in [0, 0.1) is 5.92 Å². The van der Waals surface area contributed by atoms with Crippen LogP contribution < -0.4 is 10.1 Å². The zero-order valence-corrected chi connectivity index (χ0v) is 12.1. The Bertz CT molecular complexity index is 568. The number of nitrogens with one attached hydrogen (secondary N) is 1. The molecule has 2 aromatic heterocycles. The summed E-state index contributed by atoms with van der Waals surface area (Å²) in [5.41, 5.74) is 0.